The number of piperidine rings is 1. The van der Waals surface area contributed by atoms with Gasteiger partial charge in [-0.3, -0.25) is 9.59 Å². The number of hydrogen-bond acceptors (Lipinski definition) is 2. The Hall–Kier alpha value is -1.26. The third-order valence-electron chi connectivity index (χ3n) is 3.34. The van der Waals surface area contributed by atoms with Crippen LogP contribution >= 0.6 is 23.2 Å². The molecule has 1 heterocycles. The van der Waals surface area contributed by atoms with Crippen LogP contribution in [0.3, 0.4) is 0 Å². The van der Waals surface area contributed by atoms with Crippen molar-refractivity contribution in [3.8, 4) is 0 Å². The molecular weight excluding hydrogens is 299 g/mol. The lowest BCUT2D eigenvalue weighted by molar-refractivity contribution is -0.144. The normalized spacial score (nSPS) is 18.8. The summed E-state index contributed by atoms with van der Waals surface area (Å²) in [7, 11) is 0. The Morgan fingerprint density at radius 2 is 1.95 bits per heavy atom. The predicted octanol–water partition coefficient (Wildman–Crippen LogP) is 3.19. The van der Waals surface area contributed by atoms with Crippen LogP contribution in [0, 0.1) is 5.92 Å². The molecule has 20 heavy (non-hydrogen) atoms. The fraction of sp³-hybridized carbons (Fsp3) is 0.429. The molecule has 1 N–H and O–H groups in total. The molecule has 1 aliphatic rings. The van der Waals surface area contributed by atoms with Crippen LogP contribution < -0.4 is 5.32 Å². The number of hydrogen-bond donors (Lipinski definition) is 1. The summed E-state index contributed by atoms with van der Waals surface area (Å²) in [5, 5.41) is 3.12. The van der Waals surface area contributed by atoms with Gasteiger partial charge in [0, 0.05) is 13.1 Å². The van der Waals surface area contributed by atoms with E-state index in [1.807, 2.05) is 0 Å². The van der Waals surface area contributed by atoms with Crippen molar-refractivity contribution in [1.29, 1.82) is 0 Å². The van der Waals surface area contributed by atoms with E-state index in [9.17, 15) is 9.59 Å². The number of halogens is 2. The average molecular weight is 315 g/mol. The molecule has 1 atom stereocenters. The van der Waals surface area contributed by atoms with Crippen LogP contribution in [0.25, 0.3) is 0 Å². The quantitative estimate of drug-likeness (QED) is 0.809. The Morgan fingerprint density at radius 3 is 2.55 bits per heavy atom. The summed E-state index contributed by atoms with van der Waals surface area (Å²) >= 11 is 11.9. The van der Waals surface area contributed by atoms with Gasteiger partial charge in [-0.05, 0) is 30.9 Å². The van der Waals surface area contributed by atoms with E-state index in [2.05, 4.69) is 12.2 Å². The number of anilines is 1. The first kappa shape index (κ1) is 15.1. The maximum absolute atomic E-state index is 12.1. The minimum absolute atomic E-state index is 0.277. The molecule has 1 aliphatic heterocycles. The van der Waals surface area contributed by atoms with Crippen LogP contribution in [0.15, 0.2) is 18.2 Å². The van der Waals surface area contributed by atoms with E-state index in [4.69, 9.17) is 23.2 Å². The highest BCUT2D eigenvalue weighted by Gasteiger charge is 2.26. The van der Waals surface area contributed by atoms with Crippen LogP contribution in [0.4, 0.5) is 5.69 Å². The van der Waals surface area contributed by atoms with Crippen molar-refractivity contribution in [2.75, 3.05) is 18.4 Å². The zero-order valence-electron chi connectivity index (χ0n) is 11.2. The first-order chi connectivity index (χ1) is 9.49. The van der Waals surface area contributed by atoms with E-state index in [0.29, 0.717) is 29.1 Å². The van der Waals surface area contributed by atoms with E-state index >= 15 is 0 Å². The summed E-state index contributed by atoms with van der Waals surface area (Å²) in [5.41, 5.74) is 0.277. The lowest BCUT2D eigenvalue weighted by atomic mass is 10.0. The van der Waals surface area contributed by atoms with Gasteiger partial charge in [0.25, 0.3) is 0 Å². The van der Waals surface area contributed by atoms with Crippen molar-refractivity contribution < 1.29 is 9.59 Å². The number of para-hydroxylation sites is 1. The Morgan fingerprint density at radius 1 is 1.30 bits per heavy atom. The fourth-order valence-corrected chi connectivity index (χ4v) is 2.79. The Bertz CT molecular complexity index is 514. The van der Waals surface area contributed by atoms with E-state index in [0.717, 1.165) is 12.8 Å². The van der Waals surface area contributed by atoms with Gasteiger partial charge in [-0.25, -0.2) is 0 Å². The van der Waals surface area contributed by atoms with Gasteiger partial charge in [-0.2, -0.15) is 0 Å². The van der Waals surface area contributed by atoms with Crippen LogP contribution in [-0.4, -0.2) is 29.8 Å². The number of benzene rings is 1. The van der Waals surface area contributed by atoms with Gasteiger partial charge in [0.2, 0.25) is 0 Å². The largest absolute Gasteiger partial charge is 0.334 e. The van der Waals surface area contributed by atoms with Gasteiger partial charge >= 0.3 is 11.8 Å². The lowest BCUT2D eigenvalue weighted by Crippen LogP contribution is -2.44. The van der Waals surface area contributed by atoms with Gasteiger partial charge in [-0.15, -0.1) is 0 Å². The zero-order valence-corrected chi connectivity index (χ0v) is 12.7. The zero-order chi connectivity index (χ0) is 14.7. The van der Waals surface area contributed by atoms with Gasteiger partial charge in [0.15, 0.2) is 0 Å². The fourth-order valence-electron chi connectivity index (χ4n) is 2.30. The molecule has 0 aliphatic carbocycles. The van der Waals surface area contributed by atoms with Gasteiger partial charge in [0.05, 0.1) is 15.7 Å². The van der Waals surface area contributed by atoms with Crippen LogP contribution in [0.5, 0.6) is 0 Å². The number of amides is 2. The predicted molar refractivity (Wildman–Crippen MR) is 80.1 cm³/mol. The molecule has 2 rings (SSSR count). The highest BCUT2D eigenvalue weighted by molar-refractivity contribution is 6.44. The Balaban J connectivity index is 2.06. The molecule has 0 spiro atoms. The van der Waals surface area contributed by atoms with E-state index in [1.54, 1.807) is 23.1 Å². The van der Waals surface area contributed by atoms with E-state index < -0.39 is 11.8 Å². The Kier molecular flexibility index (Phi) is 4.89. The lowest BCUT2D eigenvalue weighted by Gasteiger charge is -2.30. The average Bonchev–Trinajstić information content (AvgIpc) is 2.42. The molecular formula is C14H16Cl2N2O2. The molecule has 6 heteroatoms. The molecule has 108 valence electrons. The van der Waals surface area contributed by atoms with Gasteiger partial charge in [-0.1, -0.05) is 36.2 Å². The first-order valence-electron chi connectivity index (χ1n) is 6.53. The molecule has 0 radical (unpaired) electrons. The van der Waals surface area contributed by atoms with Crippen molar-refractivity contribution >= 4 is 40.7 Å². The van der Waals surface area contributed by atoms with Gasteiger partial charge in [0.1, 0.15) is 0 Å². The van der Waals surface area contributed by atoms with Gasteiger partial charge < -0.3 is 10.2 Å². The molecule has 2 amide bonds. The molecule has 1 fully saturated rings. The van der Waals surface area contributed by atoms with Crippen LogP contribution in [-0.2, 0) is 9.59 Å². The summed E-state index contributed by atoms with van der Waals surface area (Å²) < 4.78 is 0. The smallest absolute Gasteiger partial charge is 0.313 e. The third kappa shape index (κ3) is 3.44. The summed E-state index contributed by atoms with van der Waals surface area (Å²) in [5.74, 6) is -0.814. The maximum Gasteiger partial charge on any atom is 0.313 e. The summed E-state index contributed by atoms with van der Waals surface area (Å²) in [6.07, 6.45) is 2.01. The highest BCUT2D eigenvalue weighted by Crippen LogP contribution is 2.29. The number of nitrogens with zero attached hydrogens (tertiary/aromatic N) is 1. The molecule has 1 aromatic carbocycles. The monoisotopic (exact) mass is 314 g/mol. The second-order valence-electron chi connectivity index (χ2n) is 5.05. The van der Waals surface area contributed by atoms with E-state index in [1.165, 1.54) is 0 Å². The number of carbonyl (C=O) groups is 2. The number of nitrogens with one attached hydrogen (secondary N) is 1. The van der Waals surface area contributed by atoms with Crippen LogP contribution in [0.2, 0.25) is 10.0 Å². The Labute approximate surface area is 128 Å². The van der Waals surface area contributed by atoms with Crippen molar-refractivity contribution in [2.24, 2.45) is 5.92 Å². The third-order valence-corrected chi connectivity index (χ3v) is 3.97. The second kappa shape index (κ2) is 6.46. The molecule has 1 saturated heterocycles. The summed E-state index contributed by atoms with van der Waals surface area (Å²) in [4.78, 5) is 25.7. The number of carbonyl (C=O) groups excluding carboxylic acids is 2. The van der Waals surface area contributed by atoms with Crippen molar-refractivity contribution in [3.05, 3.63) is 28.2 Å². The molecule has 1 aromatic rings. The molecule has 0 aromatic heterocycles. The SMILES string of the molecule is CC1CCCN(C(=O)C(=O)Nc2c(Cl)cccc2Cl)C1. The standard InChI is InChI=1S/C14H16Cl2N2O2/c1-9-4-3-7-18(8-9)14(20)13(19)17-12-10(15)5-2-6-11(12)16/h2,5-6,9H,3-4,7-8H2,1H3,(H,17,19). The maximum atomic E-state index is 12.1. The summed E-state index contributed by atoms with van der Waals surface area (Å²) in [6.45, 7) is 3.30. The second-order valence-corrected chi connectivity index (χ2v) is 5.86. The molecule has 4 nitrogen and oxygen atoms in total. The van der Waals surface area contributed by atoms with E-state index in [-0.39, 0.29) is 5.69 Å². The topological polar surface area (TPSA) is 49.4 Å². The molecule has 0 saturated carbocycles. The highest BCUT2D eigenvalue weighted by atomic mass is 35.5. The molecule has 1 unspecified atom stereocenters. The molecule has 0 bridgehead atoms. The summed E-state index contributed by atoms with van der Waals surface area (Å²) in [6, 6.07) is 4.89. The minimum Gasteiger partial charge on any atom is -0.334 e. The minimum atomic E-state index is -0.700. The first-order valence-corrected chi connectivity index (χ1v) is 7.29. The van der Waals surface area contributed by atoms with Crippen molar-refractivity contribution in [2.45, 2.75) is 19.8 Å². The van der Waals surface area contributed by atoms with Crippen LogP contribution in [0.1, 0.15) is 19.8 Å². The number of rotatable bonds is 1. The number of likely N-dealkylation sites (tertiary alicyclic amines) is 1. The van der Waals surface area contributed by atoms with Crippen molar-refractivity contribution in [1.82, 2.24) is 4.90 Å². The van der Waals surface area contributed by atoms with Crippen molar-refractivity contribution in [3.63, 3.8) is 0 Å².